The summed E-state index contributed by atoms with van der Waals surface area (Å²) in [6.45, 7) is 13.4. The number of carbonyl (C=O) groups excluding carboxylic acids is 4. The van der Waals surface area contributed by atoms with Crippen LogP contribution in [0.5, 0.6) is 5.75 Å². The summed E-state index contributed by atoms with van der Waals surface area (Å²) < 4.78 is 21.9. The molecule has 0 unspecified atom stereocenters. The number of imide groups is 1. The topological polar surface area (TPSA) is 155 Å². The molecule has 36 heavy (non-hydrogen) atoms. The summed E-state index contributed by atoms with van der Waals surface area (Å²) in [5, 5.41) is 16.7. The van der Waals surface area contributed by atoms with E-state index in [0.717, 1.165) is 0 Å². The largest absolute Gasteiger partial charge is 1.00 e. The van der Waals surface area contributed by atoms with Gasteiger partial charge in [0.15, 0.2) is 5.78 Å². The van der Waals surface area contributed by atoms with Crippen LogP contribution in [0.25, 0.3) is 0 Å². The molecule has 1 aromatic rings. The predicted octanol–water partition coefficient (Wildman–Crippen LogP) is -3.75. The van der Waals surface area contributed by atoms with E-state index in [1.807, 2.05) is 0 Å². The number of rotatable bonds is 3. The number of carbonyl (C=O) groups is 4. The molecular weight excluding hydrogens is 716 g/mol. The first-order valence-electron chi connectivity index (χ1n) is 10.4. The Labute approximate surface area is 329 Å². The maximum Gasteiger partial charge on any atom is 1.00 e. The van der Waals surface area contributed by atoms with Crippen molar-refractivity contribution in [2.45, 2.75) is 79.0 Å². The second-order valence-electron chi connectivity index (χ2n) is 9.83. The van der Waals surface area contributed by atoms with E-state index in [1.165, 1.54) is 0 Å². The van der Waals surface area contributed by atoms with E-state index in [2.05, 4.69) is 0 Å². The third-order valence-electron chi connectivity index (χ3n) is 3.84. The molecule has 0 aliphatic carbocycles. The number of amides is 2. The summed E-state index contributed by atoms with van der Waals surface area (Å²) in [6.07, 6.45) is -4.23. The van der Waals surface area contributed by atoms with Crippen LogP contribution in [0.15, 0.2) is 18.2 Å². The van der Waals surface area contributed by atoms with Gasteiger partial charge in [-0.3, -0.25) is 4.79 Å². The second-order valence-corrected chi connectivity index (χ2v) is 9.83. The first-order valence-corrected chi connectivity index (χ1v) is 10.4. The van der Waals surface area contributed by atoms with Gasteiger partial charge in [0.2, 0.25) is 5.79 Å². The van der Waals surface area contributed by atoms with Gasteiger partial charge in [0, 0.05) is 25.0 Å². The fourth-order valence-corrected chi connectivity index (χ4v) is 2.58. The summed E-state index contributed by atoms with van der Waals surface area (Å²) in [6, 6.07) is 4.90. The number of hydrogen-bond acceptors (Lipinski definition) is 10. The van der Waals surface area contributed by atoms with E-state index in [0.29, 0.717) is 21.8 Å². The van der Waals surface area contributed by atoms with Crippen molar-refractivity contribution in [2.75, 3.05) is 6.54 Å². The first-order chi connectivity index (χ1) is 15.3. The minimum absolute atomic E-state index is 0. The van der Waals surface area contributed by atoms with Gasteiger partial charge in [0.25, 0.3) is 0 Å². The molecule has 1 aliphatic heterocycles. The molecule has 0 aromatic heterocycles. The maximum atomic E-state index is 12.9. The third kappa shape index (κ3) is 15.4. The Balaban J connectivity index is 0. The normalized spacial score (nSPS) is 13.6. The average molecular weight is 747 g/mol. The van der Waals surface area contributed by atoms with Crippen LogP contribution in [0, 0.1) is 0 Å². The zero-order chi connectivity index (χ0) is 26.5. The molecule has 11 nitrogen and oxygen atoms in total. The number of ketones is 1. The van der Waals surface area contributed by atoms with Crippen molar-refractivity contribution in [2.24, 2.45) is 0 Å². The van der Waals surface area contributed by atoms with Crippen LogP contribution in [0.4, 0.5) is 14.4 Å². The molecule has 0 saturated heterocycles. The van der Waals surface area contributed by atoms with Gasteiger partial charge in [-0.25, -0.2) is 14.5 Å². The van der Waals surface area contributed by atoms with Gasteiger partial charge in [0.05, 0.1) is 13.2 Å². The smallest absolute Gasteiger partial charge is 0.652 e. The van der Waals surface area contributed by atoms with E-state index in [9.17, 15) is 14.4 Å². The van der Waals surface area contributed by atoms with Crippen molar-refractivity contribution < 1.29 is 186 Å². The molecule has 1 aromatic carbocycles. The van der Waals surface area contributed by atoms with Crippen LogP contribution in [0.3, 0.4) is 0 Å². The van der Waals surface area contributed by atoms with Crippen LogP contribution in [0.2, 0.25) is 0 Å². The van der Waals surface area contributed by atoms with E-state index < -0.39 is 47.7 Å². The fourth-order valence-electron chi connectivity index (χ4n) is 2.58. The van der Waals surface area contributed by atoms with Gasteiger partial charge in [-0.15, -0.1) is 0 Å². The van der Waals surface area contributed by atoms with E-state index >= 15 is 0 Å². The number of ether oxygens (including phenoxy) is 4. The molecule has 0 radical (unpaired) electrons. The summed E-state index contributed by atoms with van der Waals surface area (Å²) in [5.74, 6) is -0.568. The summed E-state index contributed by atoms with van der Waals surface area (Å²) in [4.78, 5) is 47.0. The Morgan fingerprint density at radius 1 is 0.944 bits per heavy atom. The van der Waals surface area contributed by atoms with Gasteiger partial charge in [-0.05, 0) is 65.9 Å². The Kier molecular flexibility index (Phi) is 17.4. The van der Waals surface area contributed by atoms with Crippen molar-refractivity contribution >= 4 is 24.1 Å². The Morgan fingerprint density at radius 3 is 1.81 bits per heavy atom. The molecule has 0 saturated carbocycles. The molecule has 13 heteroatoms. The molecular formula is C23H31Cs2NO10. The molecule has 0 atom stereocenters. The third-order valence-corrected chi connectivity index (χ3v) is 3.84. The quantitative estimate of drug-likeness (QED) is 0.282. The van der Waals surface area contributed by atoms with Gasteiger partial charge in [-0.1, -0.05) is 0 Å². The van der Waals surface area contributed by atoms with Crippen LogP contribution < -0.4 is 153 Å². The van der Waals surface area contributed by atoms with E-state index in [4.69, 9.17) is 34.0 Å². The number of Topliss-reactive ketones (excluding diaryl/α,β-unsaturated/α-hetero) is 1. The molecule has 0 spiro atoms. The number of carboxylic acid groups (broad SMARTS) is 2. The van der Waals surface area contributed by atoms with Crippen molar-refractivity contribution in [3.05, 3.63) is 29.3 Å². The monoisotopic (exact) mass is 747 g/mol. The summed E-state index contributed by atoms with van der Waals surface area (Å²) >= 11 is 0. The van der Waals surface area contributed by atoms with Crippen molar-refractivity contribution in [1.29, 1.82) is 0 Å². The summed E-state index contributed by atoms with van der Waals surface area (Å²) in [7, 11) is 0. The second kappa shape index (κ2) is 16.1. The van der Waals surface area contributed by atoms with E-state index in [1.54, 1.807) is 73.6 Å². The Hall–Kier alpha value is 0.764. The van der Waals surface area contributed by atoms with Crippen LogP contribution in [-0.4, -0.2) is 52.6 Å². The van der Waals surface area contributed by atoms with Crippen molar-refractivity contribution in [3.63, 3.8) is 0 Å². The number of nitrogens with zero attached hydrogens (tertiary/aromatic N) is 1. The molecule has 2 amide bonds. The van der Waals surface area contributed by atoms with Crippen LogP contribution >= 0.6 is 0 Å². The minimum atomic E-state index is -2.33. The number of benzene rings is 1. The van der Waals surface area contributed by atoms with Crippen molar-refractivity contribution in [1.82, 2.24) is 4.90 Å². The standard InChI is InChI=1S/C22H31NO7.CH2O3.2Cs/c1-20(2,3)29-18(25)23(19(26)30-21(4,5)6)12-16(24)14-9-10-17-15(11-14)13-27-22(7,8)28-17;2-1(3)4;;/h9-11H,12-13H2,1-8H3;(H2,2,3,4);;/q;;2*+1/p-2. The number of hydrogen-bond donors (Lipinski definition) is 0. The fraction of sp³-hybridized carbons (Fsp3) is 0.565. The van der Waals surface area contributed by atoms with Crippen molar-refractivity contribution in [3.8, 4) is 5.75 Å². The minimum Gasteiger partial charge on any atom is -0.652 e. The number of fused-ring (bicyclic) bond motifs is 1. The molecule has 1 heterocycles. The SMILES string of the molecule is CC(C)(C)OC(=O)N(CC(=O)c1ccc2c(c1)COC(C)(C)O2)C(=O)OC(C)(C)C.O=C([O-])[O-].[Cs+].[Cs+]. The van der Waals surface area contributed by atoms with Gasteiger partial charge in [0.1, 0.15) is 17.0 Å². The predicted molar refractivity (Wildman–Crippen MR) is 115 cm³/mol. The Bertz CT molecular complexity index is 904. The first kappa shape index (κ1) is 38.9. The maximum absolute atomic E-state index is 12.9. The van der Waals surface area contributed by atoms with Gasteiger partial charge < -0.3 is 34.0 Å². The van der Waals surface area contributed by atoms with Crippen LogP contribution in [-0.2, 0) is 20.8 Å². The molecule has 0 bridgehead atoms. The molecule has 0 fully saturated rings. The zero-order valence-electron chi connectivity index (χ0n) is 22.7. The van der Waals surface area contributed by atoms with Crippen LogP contribution in [0.1, 0.15) is 71.3 Å². The van der Waals surface area contributed by atoms with Gasteiger partial charge >= 0.3 is 150 Å². The molecule has 1 aliphatic rings. The van der Waals surface area contributed by atoms with E-state index in [-0.39, 0.29) is 144 Å². The molecule has 190 valence electrons. The molecule has 0 N–H and O–H groups in total. The Morgan fingerprint density at radius 2 is 1.39 bits per heavy atom. The summed E-state index contributed by atoms with van der Waals surface area (Å²) in [5.41, 5.74) is -0.652. The zero-order valence-corrected chi connectivity index (χ0v) is 35.2. The molecule has 2 rings (SSSR count). The van der Waals surface area contributed by atoms with Gasteiger partial charge in [-0.2, -0.15) is 0 Å². The average Bonchev–Trinajstić information content (AvgIpc) is 2.61.